The van der Waals surface area contributed by atoms with Gasteiger partial charge in [0.1, 0.15) is 0 Å². The monoisotopic (exact) mass is 282 g/mol. The Kier molecular flexibility index (Phi) is 4.52. The molecular formula is C13H16ClFN4. The van der Waals surface area contributed by atoms with Crippen LogP contribution in [0.3, 0.4) is 0 Å². The molecule has 1 heterocycles. The maximum atomic E-state index is 14.0. The van der Waals surface area contributed by atoms with E-state index in [1.54, 1.807) is 18.3 Å². The van der Waals surface area contributed by atoms with Gasteiger partial charge in [-0.15, -0.1) is 0 Å². The van der Waals surface area contributed by atoms with E-state index in [1.807, 2.05) is 7.05 Å². The molecule has 0 atom stereocenters. The van der Waals surface area contributed by atoms with Gasteiger partial charge in [-0.3, -0.25) is 5.10 Å². The van der Waals surface area contributed by atoms with Crippen LogP contribution < -0.4 is 5.73 Å². The molecule has 0 spiro atoms. The molecule has 0 bridgehead atoms. The van der Waals surface area contributed by atoms with Gasteiger partial charge >= 0.3 is 0 Å². The highest BCUT2D eigenvalue weighted by atomic mass is 35.5. The molecule has 0 unspecified atom stereocenters. The van der Waals surface area contributed by atoms with Crippen LogP contribution in [0.15, 0.2) is 24.4 Å². The zero-order valence-corrected chi connectivity index (χ0v) is 11.4. The maximum absolute atomic E-state index is 14.0. The van der Waals surface area contributed by atoms with Crippen LogP contribution in [0.25, 0.3) is 11.3 Å². The van der Waals surface area contributed by atoms with Crippen LogP contribution >= 0.6 is 11.6 Å². The van der Waals surface area contributed by atoms with Crippen LogP contribution in [-0.2, 0) is 6.54 Å². The zero-order valence-electron chi connectivity index (χ0n) is 10.7. The zero-order chi connectivity index (χ0) is 13.8. The summed E-state index contributed by atoms with van der Waals surface area (Å²) in [5.41, 5.74) is 7.42. The summed E-state index contributed by atoms with van der Waals surface area (Å²) in [4.78, 5) is 2.05. The Bertz CT molecular complexity index is 555. The first kappa shape index (κ1) is 14.0. The summed E-state index contributed by atoms with van der Waals surface area (Å²) in [5, 5.41) is 6.99. The van der Waals surface area contributed by atoms with Crippen molar-refractivity contribution in [2.24, 2.45) is 5.73 Å². The minimum Gasteiger partial charge on any atom is -0.329 e. The molecule has 1 aromatic heterocycles. The number of nitrogens with two attached hydrogens (primary N) is 1. The number of rotatable bonds is 5. The first-order valence-corrected chi connectivity index (χ1v) is 6.37. The van der Waals surface area contributed by atoms with Gasteiger partial charge in [0.25, 0.3) is 0 Å². The summed E-state index contributed by atoms with van der Waals surface area (Å²) in [6.45, 7) is 1.99. The number of nitrogens with zero attached hydrogens (tertiary/aromatic N) is 2. The lowest BCUT2D eigenvalue weighted by molar-refractivity contribution is 0.337. The fourth-order valence-electron chi connectivity index (χ4n) is 1.95. The van der Waals surface area contributed by atoms with Gasteiger partial charge in [0.2, 0.25) is 0 Å². The van der Waals surface area contributed by atoms with Crippen molar-refractivity contribution in [2.45, 2.75) is 6.54 Å². The first-order valence-electron chi connectivity index (χ1n) is 5.99. The van der Waals surface area contributed by atoms with Gasteiger partial charge in [0, 0.05) is 37.0 Å². The second-order valence-corrected chi connectivity index (χ2v) is 4.79. The van der Waals surface area contributed by atoms with Gasteiger partial charge < -0.3 is 10.6 Å². The predicted molar refractivity (Wildman–Crippen MR) is 74.4 cm³/mol. The van der Waals surface area contributed by atoms with Crippen LogP contribution in [0, 0.1) is 5.82 Å². The molecule has 0 fully saturated rings. The Morgan fingerprint density at radius 1 is 1.47 bits per heavy atom. The number of benzene rings is 1. The highest BCUT2D eigenvalue weighted by Crippen LogP contribution is 2.28. The third-order valence-electron chi connectivity index (χ3n) is 2.88. The number of H-pyrrole nitrogens is 1. The van der Waals surface area contributed by atoms with E-state index in [-0.39, 0.29) is 5.02 Å². The third kappa shape index (κ3) is 3.12. The van der Waals surface area contributed by atoms with Gasteiger partial charge in [-0.1, -0.05) is 17.7 Å². The second-order valence-electron chi connectivity index (χ2n) is 4.39. The lowest BCUT2D eigenvalue weighted by Crippen LogP contribution is -2.25. The van der Waals surface area contributed by atoms with Crippen LogP contribution in [-0.4, -0.2) is 35.2 Å². The molecule has 6 heteroatoms. The SMILES string of the molecule is CN(CCN)Cc1c[nH]nc1-c1cccc(Cl)c1F. The van der Waals surface area contributed by atoms with E-state index in [9.17, 15) is 4.39 Å². The molecule has 102 valence electrons. The van der Waals surface area contributed by atoms with Crippen LogP contribution in [0.4, 0.5) is 4.39 Å². The Balaban J connectivity index is 2.31. The Morgan fingerprint density at radius 2 is 2.26 bits per heavy atom. The smallest absolute Gasteiger partial charge is 0.151 e. The van der Waals surface area contributed by atoms with E-state index in [0.717, 1.165) is 12.1 Å². The largest absolute Gasteiger partial charge is 0.329 e. The van der Waals surface area contributed by atoms with Crippen molar-refractivity contribution in [3.63, 3.8) is 0 Å². The number of nitrogens with one attached hydrogen (secondary N) is 1. The molecule has 1 aromatic carbocycles. The van der Waals surface area contributed by atoms with Crippen molar-refractivity contribution >= 4 is 11.6 Å². The lowest BCUT2D eigenvalue weighted by Gasteiger charge is -2.15. The van der Waals surface area contributed by atoms with E-state index in [1.165, 1.54) is 6.07 Å². The van der Waals surface area contributed by atoms with E-state index < -0.39 is 5.82 Å². The fourth-order valence-corrected chi connectivity index (χ4v) is 2.12. The average molecular weight is 283 g/mol. The lowest BCUT2D eigenvalue weighted by atomic mass is 10.1. The van der Waals surface area contributed by atoms with Crippen molar-refractivity contribution < 1.29 is 4.39 Å². The highest BCUT2D eigenvalue weighted by molar-refractivity contribution is 6.31. The van der Waals surface area contributed by atoms with Crippen molar-refractivity contribution in [1.29, 1.82) is 0 Å². The van der Waals surface area contributed by atoms with Crippen LogP contribution in [0.1, 0.15) is 5.56 Å². The standard InChI is InChI=1S/C13H16ClFN4/c1-19(6-5-16)8-9-7-17-18-13(9)10-3-2-4-11(14)12(10)15/h2-4,7H,5-6,8,16H2,1H3,(H,17,18). The molecule has 0 aliphatic heterocycles. The van der Waals surface area contributed by atoms with Gasteiger partial charge in [-0.25, -0.2) is 4.39 Å². The van der Waals surface area contributed by atoms with Gasteiger partial charge in [0.05, 0.1) is 10.7 Å². The Morgan fingerprint density at radius 3 is 3.00 bits per heavy atom. The summed E-state index contributed by atoms with van der Waals surface area (Å²) in [6, 6.07) is 4.90. The van der Waals surface area contributed by atoms with E-state index in [2.05, 4.69) is 15.1 Å². The van der Waals surface area contributed by atoms with E-state index in [4.69, 9.17) is 17.3 Å². The number of aromatic amines is 1. The average Bonchev–Trinajstić information content (AvgIpc) is 2.81. The molecule has 0 aliphatic carbocycles. The molecular weight excluding hydrogens is 267 g/mol. The number of hydrogen-bond acceptors (Lipinski definition) is 3. The van der Waals surface area contributed by atoms with Crippen molar-refractivity contribution in [3.05, 3.63) is 40.8 Å². The molecule has 0 amide bonds. The van der Waals surface area contributed by atoms with E-state index in [0.29, 0.717) is 24.3 Å². The summed E-state index contributed by atoms with van der Waals surface area (Å²) < 4.78 is 14.0. The quantitative estimate of drug-likeness (QED) is 0.884. The Hall–Kier alpha value is -1.43. The van der Waals surface area contributed by atoms with Gasteiger partial charge in [-0.05, 0) is 19.2 Å². The highest BCUT2D eigenvalue weighted by Gasteiger charge is 2.15. The first-order chi connectivity index (χ1) is 9.13. The molecule has 2 rings (SSSR count). The second kappa shape index (κ2) is 6.14. The topological polar surface area (TPSA) is 57.9 Å². The number of aromatic nitrogens is 2. The normalized spacial score (nSPS) is 11.2. The summed E-state index contributed by atoms with van der Waals surface area (Å²) >= 11 is 5.80. The van der Waals surface area contributed by atoms with Crippen LogP contribution in [0.5, 0.6) is 0 Å². The van der Waals surface area contributed by atoms with E-state index >= 15 is 0 Å². The van der Waals surface area contributed by atoms with Gasteiger partial charge in [0.15, 0.2) is 5.82 Å². The molecule has 0 aliphatic rings. The van der Waals surface area contributed by atoms with Gasteiger partial charge in [-0.2, -0.15) is 5.10 Å². The molecule has 2 aromatic rings. The fraction of sp³-hybridized carbons (Fsp3) is 0.308. The third-order valence-corrected chi connectivity index (χ3v) is 3.17. The minimum atomic E-state index is -0.445. The summed E-state index contributed by atoms with van der Waals surface area (Å²) in [6.07, 6.45) is 1.77. The maximum Gasteiger partial charge on any atom is 0.151 e. The molecule has 4 nitrogen and oxygen atoms in total. The van der Waals surface area contributed by atoms with Crippen molar-refractivity contribution in [1.82, 2.24) is 15.1 Å². The number of hydrogen-bond donors (Lipinski definition) is 2. The Labute approximate surface area is 116 Å². The number of likely N-dealkylation sites (N-methyl/N-ethyl adjacent to an activating group) is 1. The minimum absolute atomic E-state index is 0.0989. The predicted octanol–water partition coefficient (Wildman–Crippen LogP) is 2.26. The molecule has 0 radical (unpaired) electrons. The summed E-state index contributed by atoms with van der Waals surface area (Å²) in [7, 11) is 1.96. The molecule has 0 saturated carbocycles. The molecule has 3 N–H and O–H groups in total. The van der Waals surface area contributed by atoms with Crippen LogP contribution in [0.2, 0.25) is 5.02 Å². The molecule has 0 saturated heterocycles. The molecule has 19 heavy (non-hydrogen) atoms. The van der Waals surface area contributed by atoms with Crippen molar-refractivity contribution in [3.8, 4) is 11.3 Å². The number of halogens is 2. The van der Waals surface area contributed by atoms with Crippen molar-refractivity contribution in [2.75, 3.05) is 20.1 Å². The summed E-state index contributed by atoms with van der Waals surface area (Å²) in [5.74, 6) is -0.445.